The summed E-state index contributed by atoms with van der Waals surface area (Å²) in [5, 5.41) is 21.1. The van der Waals surface area contributed by atoms with Gasteiger partial charge in [0, 0.05) is 17.3 Å². The van der Waals surface area contributed by atoms with E-state index in [2.05, 4.69) is 15.5 Å². The molecule has 0 fully saturated rings. The zero-order chi connectivity index (χ0) is 21.1. The fourth-order valence-electron chi connectivity index (χ4n) is 2.44. The minimum Gasteiger partial charge on any atom is -0.335 e. The average Bonchev–Trinajstić information content (AvgIpc) is 3.04. The Morgan fingerprint density at radius 3 is 2.62 bits per heavy atom. The van der Waals surface area contributed by atoms with E-state index in [4.69, 9.17) is 5.84 Å². The van der Waals surface area contributed by atoms with Crippen LogP contribution in [0.1, 0.15) is 12.5 Å². The van der Waals surface area contributed by atoms with Crippen LogP contribution in [0.5, 0.6) is 0 Å². The lowest BCUT2D eigenvalue weighted by molar-refractivity contribution is -0.387. The van der Waals surface area contributed by atoms with Gasteiger partial charge in [0.25, 0.3) is 0 Å². The highest BCUT2D eigenvalue weighted by atomic mass is 32.2. The van der Waals surface area contributed by atoms with Crippen molar-refractivity contribution in [3.63, 3.8) is 0 Å². The van der Waals surface area contributed by atoms with Crippen molar-refractivity contribution in [2.24, 2.45) is 0 Å². The Hall–Kier alpha value is -3.47. The molecule has 1 unspecified atom stereocenters. The topological polar surface area (TPSA) is 129 Å². The second-order valence-corrected chi connectivity index (χ2v) is 7.52. The SMILES string of the molecule is Cc1ccc(-c2nnc(SC(C)C(=O)Nc3ccc(F)c([N+](=O)[O-])c3)n2N)cc1. The summed E-state index contributed by atoms with van der Waals surface area (Å²) in [6.07, 6.45) is 0. The van der Waals surface area contributed by atoms with Gasteiger partial charge in [-0.2, -0.15) is 4.39 Å². The third-order valence-electron chi connectivity index (χ3n) is 4.04. The average molecular weight is 416 g/mol. The summed E-state index contributed by atoms with van der Waals surface area (Å²) in [5.74, 6) is 5.09. The van der Waals surface area contributed by atoms with Crippen LogP contribution >= 0.6 is 11.8 Å². The molecule has 1 atom stereocenters. The van der Waals surface area contributed by atoms with Gasteiger partial charge in [-0.15, -0.1) is 10.2 Å². The first-order valence-corrected chi connectivity index (χ1v) is 9.33. The number of halogens is 1. The number of benzene rings is 2. The van der Waals surface area contributed by atoms with Crippen molar-refractivity contribution in [2.75, 3.05) is 11.2 Å². The van der Waals surface area contributed by atoms with Crippen molar-refractivity contribution in [2.45, 2.75) is 24.3 Å². The van der Waals surface area contributed by atoms with Crippen LogP contribution in [0.2, 0.25) is 0 Å². The lowest BCUT2D eigenvalue weighted by atomic mass is 10.1. The number of amides is 1. The minimum atomic E-state index is -0.977. The van der Waals surface area contributed by atoms with Crippen LogP contribution in [0.4, 0.5) is 15.8 Å². The number of anilines is 1. The Morgan fingerprint density at radius 2 is 1.97 bits per heavy atom. The first-order valence-electron chi connectivity index (χ1n) is 8.45. The van der Waals surface area contributed by atoms with Gasteiger partial charge in [0.05, 0.1) is 10.2 Å². The van der Waals surface area contributed by atoms with Crippen LogP contribution in [0, 0.1) is 22.9 Å². The van der Waals surface area contributed by atoms with Crippen LogP contribution in [0.25, 0.3) is 11.4 Å². The van der Waals surface area contributed by atoms with E-state index in [1.807, 2.05) is 31.2 Å². The Morgan fingerprint density at radius 1 is 1.28 bits per heavy atom. The molecule has 150 valence electrons. The zero-order valence-electron chi connectivity index (χ0n) is 15.5. The second kappa shape index (κ2) is 8.27. The van der Waals surface area contributed by atoms with Gasteiger partial charge in [-0.05, 0) is 26.0 Å². The quantitative estimate of drug-likeness (QED) is 0.273. The number of aryl methyl sites for hydroxylation is 1. The van der Waals surface area contributed by atoms with E-state index in [-0.39, 0.29) is 5.69 Å². The van der Waals surface area contributed by atoms with Gasteiger partial charge in [-0.3, -0.25) is 14.9 Å². The van der Waals surface area contributed by atoms with Gasteiger partial charge in [-0.25, -0.2) is 4.68 Å². The molecule has 0 aliphatic carbocycles. The Labute approximate surface area is 169 Å². The lowest BCUT2D eigenvalue weighted by Crippen LogP contribution is -2.23. The smallest absolute Gasteiger partial charge is 0.306 e. The molecule has 1 aromatic heterocycles. The first-order chi connectivity index (χ1) is 13.8. The van der Waals surface area contributed by atoms with Crippen molar-refractivity contribution >= 4 is 29.0 Å². The summed E-state index contributed by atoms with van der Waals surface area (Å²) in [4.78, 5) is 22.4. The van der Waals surface area contributed by atoms with Gasteiger partial charge < -0.3 is 11.2 Å². The van der Waals surface area contributed by atoms with Gasteiger partial charge in [0.2, 0.25) is 16.9 Å². The molecule has 0 saturated carbocycles. The highest BCUT2D eigenvalue weighted by Gasteiger charge is 2.21. The van der Waals surface area contributed by atoms with Gasteiger partial charge >= 0.3 is 5.69 Å². The van der Waals surface area contributed by atoms with E-state index < -0.39 is 27.6 Å². The van der Waals surface area contributed by atoms with Crippen LogP contribution in [0.15, 0.2) is 47.6 Å². The number of carbonyl (C=O) groups excluding carboxylic acids is 1. The molecule has 2 aromatic carbocycles. The largest absolute Gasteiger partial charge is 0.335 e. The number of nitrogens with one attached hydrogen (secondary N) is 1. The number of carbonyl (C=O) groups is 1. The fourth-order valence-corrected chi connectivity index (χ4v) is 3.21. The molecule has 0 aliphatic heterocycles. The maximum absolute atomic E-state index is 13.4. The molecular formula is C18H17FN6O3S. The lowest BCUT2D eigenvalue weighted by Gasteiger charge is -2.11. The van der Waals surface area contributed by atoms with E-state index in [1.165, 1.54) is 10.7 Å². The number of hydrogen-bond acceptors (Lipinski definition) is 7. The van der Waals surface area contributed by atoms with Crippen LogP contribution in [-0.2, 0) is 4.79 Å². The van der Waals surface area contributed by atoms with Crippen LogP contribution < -0.4 is 11.2 Å². The van der Waals surface area contributed by atoms with E-state index in [1.54, 1.807) is 6.92 Å². The Kier molecular flexibility index (Phi) is 5.78. The van der Waals surface area contributed by atoms with E-state index in [0.717, 1.165) is 35.0 Å². The molecule has 0 spiro atoms. The van der Waals surface area contributed by atoms with E-state index in [9.17, 15) is 19.3 Å². The third-order valence-corrected chi connectivity index (χ3v) is 5.09. The predicted molar refractivity (Wildman–Crippen MR) is 107 cm³/mol. The van der Waals surface area contributed by atoms with E-state index >= 15 is 0 Å². The number of rotatable bonds is 6. The Balaban J connectivity index is 1.71. The van der Waals surface area contributed by atoms with Crippen LogP contribution in [-0.4, -0.2) is 31.0 Å². The number of aromatic nitrogens is 3. The first kappa shape index (κ1) is 20.3. The molecule has 29 heavy (non-hydrogen) atoms. The number of nitrogens with two attached hydrogens (primary N) is 1. The molecular weight excluding hydrogens is 399 g/mol. The Bertz CT molecular complexity index is 1070. The number of thioether (sulfide) groups is 1. The number of nitro benzene ring substituents is 1. The fraction of sp³-hybridized carbons (Fsp3) is 0.167. The van der Waals surface area contributed by atoms with E-state index in [0.29, 0.717) is 11.0 Å². The second-order valence-electron chi connectivity index (χ2n) is 6.21. The molecule has 11 heteroatoms. The number of nitrogen functional groups attached to an aromatic ring is 1. The standard InChI is InChI=1S/C18H17FN6O3S/c1-10-3-5-12(6-4-10)16-22-23-18(24(16)20)29-11(2)17(26)21-13-7-8-14(19)15(9-13)25(27)28/h3-9,11H,20H2,1-2H3,(H,21,26). The number of nitro groups is 1. The van der Waals surface area contributed by atoms with Crippen molar-refractivity contribution in [3.8, 4) is 11.4 Å². The molecule has 0 bridgehead atoms. The minimum absolute atomic E-state index is 0.116. The number of hydrogen-bond donors (Lipinski definition) is 2. The highest BCUT2D eigenvalue weighted by molar-refractivity contribution is 8.00. The summed E-state index contributed by atoms with van der Waals surface area (Å²) >= 11 is 1.07. The summed E-state index contributed by atoms with van der Waals surface area (Å²) < 4.78 is 14.7. The maximum atomic E-state index is 13.4. The molecule has 0 radical (unpaired) electrons. The molecule has 1 heterocycles. The summed E-state index contributed by atoms with van der Waals surface area (Å²) in [6.45, 7) is 3.59. The maximum Gasteiger partial charge on any atom is 0.306 e. The predicted octanol–water partition coefficient (Wildman–Crippen LogP) is 3.13. The van der Waals surface area contributed by atoms with Crippen molar-refractivity contribution in [1.82, 2.24) is 14.9 Å². The van der Waals surface area contributed by atoms with Gasteiger partial charge in [-0.1, -0.05) is 41.6 Å². The molecule has 0 aliphatic rings. The summed E-state index contributed by atoms with van der Waals surface area (Å²) in [6, 6.07) is 10.7. The van der Waals surface area contributed by atoms with Crippen LogP contribution in [0.3, 0.4) is 0 Å². The monoisotopic (exact) mass is 416 g/mol. The third kappa shape index (κ3) is 4.51. The van der Waals surface area contributed by atoms with Gasteiger partial charge in [0.1, 0.15) is 0 Å². The van der Waals surface area contributed by atoms with Crippen molar-refractivity contribution in [3.05, 3.63) is 64.0 Å². The summed E-state index contributed by atoms with van der Waals surface area (Å²) in [5.41, 5.74) is 1.28. The highest BCUT2D eigenvalue weighted by Crippen LogP contribution is 2.27. The van der Waals surface area contributed by atoms with Gasteiger partial charge in [0.15, 0.2) is 5.82 Å². The number of nitrogens with zero attached hydrogens (tertiary/aromatic N) is 4. The molecule has 3 rings (SSSR count). The van der Waals surface area contributed by atoms with Crippen molar-refractivity contribution < 1.29 is 14.1 Å². The van der Waals surface area contributed by atoms with Crippen molar-refractivity contribution in [1.29, 1.82) is 0 Å². The molecule has 0 saturated heterocycles. The normalized spacial score (nSPS) is 11.8. The summed E-state index contributed by atoms with van der Waals surface area (Å²) in [7, 11) is 0. The molecule has 9 nitrogen and oxygen atoms in total. The molecule has 3 N–H and O–H groups in total. The molecule has 3 aromatic rings. The molecule has 1 amide bonds. The zero-order valence-corrected chi connectivity index (χ0v) is 16.3.